The summed E-state index contributed by atoms with van der Waals surface area (Å²) < 4.78 is 10.9. The van der Waals surface area contributed by atoms with Gasteiger partial charge >= 0.3 is 0 Å². The van der Waals surface area contributed by atoms with Gasteiger partial charge in [-0.05, 0) is 48.7 Å². The second kappa shape index (κ2) is 10.5. The monoisotopic (exact) mass is 413 g/mol. The number of carbonyl (C=O) groups excluding carboxylic acids is 1. The number of nitrogens with one attached hydrogen (secondary N) is 3. The highest BCUT2D eigenvalue weighted by Crippen LogP contribution is 2.29. The fourth-order valence-corrected chi connectivity index (χ4v) is 4.05. The van der Waals surface area contributed by atoms with Gasteiger partial charge in [-0.15, -0.1) is 0 Å². The quantitative estimate of drug-likeness (QED) is 0.591. The van der Waals surface area contributed by atoms with Gasteiger partial charge in [0.1, 0.15) is 32.7 Å². The van der Waals surface area contributed by atoms with Crippen molar-refractivity contribution in [2.75, 3.05) is 52.3 Å². The van der Waals surface area contributed by atoms with E-state index in [1.165, 1.54) is 21.6 Å². The fraction of sp³-hybridized carbons (Fsp3) is 0.458. The molecule has 1 heterocycles. The average molecular weight is 414 g/mol. The van der Waals surface area contributed by atoms with Crippen LogP contribution in [0.25, 0.3) is 0 Å². The maximum Gasteiger partial charge on any atom is 0.279 e. The predicted octanol–water partition coefficient (Wildman–Crippen LogP) is 0.497. The highest BCUT2D eigenvalue weighted by atomic mass is 16.5. The molecule has 2 aromatic rings. The lowest BCUT2D eigenvalue weighted by Crippen LogP contribution is -3.28. The topological polar surface area (TPSA) is 56.4 Å². The average Bonchev–Trinajstić information content (AvgIpc) is 2.76. The number of ether oxygens (including phenoxy) is 2. The second-order valence-corrected chi connectivity index (χ2v) is 8.09. The summed E-state index contributed by atoms with van der Waals surface area (Å²) in [4.78, 5) is 15.3. The zero-order valence-electron chi connectivity index (χ0n) is 18.6. The van der Waals surface area contributed by atoms with Crippen LogP contribution in [0.1, 0.15) is 23.6 Å². The molecule has 6 heteroatoms. The van der Waals surface area contributed by atoms with E-state index in [0.717, 1.165) is 56.3 Å². The molecule has 0 aromatic heterocycles. The molecule has 2 aromatic carbocycles. The van der Waals surface area contributed by atoms with Crippen molar-refractivity contribution in [2.45, 2.75) is 26.8 Å². The van der Waals surface area contributed by atoms with Gasteiger partial charge in [-0.25, -0.2) is 0 Å². The number of hydrogen-bond donors (Lipinski definition) is 3. The third kappa shape index (κ3) is 5.74. The molecule has 0 bridgehead atoms. The highest BCUT2D eigenvalue weighted by Gasteiger charge is 2.25. The largest absolute Gasteiger partial charge is 0.493 e. The van der Waals surface area contributed by atoms with Crippen molar-refractivity contribution in [1.29, 1.82) is 0 Å². The van der Waals surface area contributed by atoms with Crippen LogP contribution in [0.5, 0.6) is 11.5 Å². The summed E-state index contributed by atoms with van der Waals surface area (Å²) >= 11 is 0. The first-order valence-corrected chi connectivity index (χ1v) is 10.8. The summed E-state index contributed by atoms with van der Waals surface area (Å²) in [6.07, 6.45) is 1.01. The first kappa shape index (κ1) is 22.1. The summed E-state index contributed by atoms with van der Waals surface area (Å²) in [6.45, 7) is 9.87. The summed E-state index contributed by atoms with van der Waals surface area (Å²) in [5.41, 5.74) is 4.68. The number of amides is 1. The molecule has 3 rings (SSSR count). The lowest BCUT2D eigenvalue weighted by Gasteiger charge is -2.29. The number of aryl methyl sites for hydroxylation is 2. The Hall–Kier alpha value is -2.57. The van der Waals surface area contributed by atoms with Gasteiger partial charge in [0.25, 0.3) is 5.91 Å². The molecule has 1 saturated heterocycles. The molecular weight excluding hydrogens is 378 g/mol. The molecule has 0 atom stereocenters. The molecule has 1 amide bonds. The Balaban J connectivity index is 1.48. The van der Waals surface area contributed by atoms with Crippen molar-refractivity contribution in [2.24, 2.45) is 0 Å². The number of rotatable bonds is 8. The van der Waals surface area contributed by atoms with E-state index in [9.17, 15) is 4.79 Å². The normalized spacial score (nSPS) is 18.7. The van der Waals surface area contributed by atoms with Gasteiger partial charge in [-0.2, -0.15) is 0 Å². The highest BCUT2D eigenvalue weighted by molar-refractivity contribution is 5.91. The van der Waals surface area contributed by atoms with E-state index in [1.807, 2.05) is 18.2 Å². The van der Waals surface area contributed by atoms with Crippen LogP contribution >= 0.6 is 0 Å². The Labute approximate surface area is 179 Å². The van der Waals surface area contributed by atoms with Crippen LogP contribution in [0.15, 0.2) is 36.4 Å². The number of anilines is 1. The van der Waals surface area contributed by atoms with Crippen LogP contribution in [0.4, 0.5) is 5.69 Å². The lowest BCUT2D eigenvalue weighted by atomic mass is 10.1. The summed E-state index contributed by atoms with van der Waals surface area (Å²) in [5.74, 6) is 1.65. The van der Waals surface area contributed by atoms with E-state index in [-0.39, 0.29) is 5.91 Å². The Kier molecular flexibility index (Phi) is 7.71. The fourth-order valence-electron chi connectivity index (χ4n) is 4.05. The summed E-state index contributed by atoms with van der Waals surface area (Å²) in [7, 11) is 3.34. The molecular formula is C24H35N3O3+2. The zero-order valence-corrected chi connectivity index (χ0v) is 18.6. The molecule has 1 aliphatic heterocycles. The zero-order chi connectivity index (χ0) is 21.5. The first-order valence-electron chi connectivity index (χ1n) is 10.8. The van der Waals surface area contributed by atoms with Crippen molar-refractivity contribution < 1.29 is 24.1 Å². The molecule has 3 N–H and O–H groups in total. The first-order chi connectivity index (χ1) is 14.5. The molecule has 0 radical (unpaired) electrons. The van der Waals surface area contributed by atoms with E-state index < -0.39 is 0 Å². The van der Waals surface area contributed by atoms with Crippen LogP contribution in [-0.2, 0) is 17.8 Å². The molecule has 0 spiro atoms. The molecule has 162 valence electrons. The van der Waals surface area contributed by atoms with Crippen LogP contribution in [0, 0.1) is 6.92 Å². The van der Waals surface area contributed by atoms with Crippen molar-refractivity contribution in [3.8, 4) is 11.5 Å². The number of hydrogen-bond acceptors (Lipinski definition) is 3. The smallest absolute Gasteiger partial charge is 0.279 e. The Bertz CT molecular complexity index is 844. The van der Waals surface area contributed by atoms with Gasteiger partial charge in [0.05, 0.1) is 14.2 Å². The van der Waals surface area contributed by atoms with Gasteiger partial charge in [-0.1, -0.05) is 19.1 Å². The minimum atomic E-state index is 0.0911. The molecule has 0 saturated carbocycles. The molecule has 1 aliphatic rings. The maximum absolute atomic E-state index is 12.4. The molecule has 0 unspecified atom stereocenters. The number of piperazine rings is 1. The van der Waals surface area contributed by atoms with Crippen LogP contribution in [0.3, 0.4) is 0 Å². The molecule has 1 fully saturated rings. The van der Waals surface area contributed by atoms with Crippen LogP contribution < -0.4 is 24.6 Å². The Morgan fingerprint density at radius 1 is 0.967 bits per heavy atom. The standard InChI is InChI=1S/C24H33N3O3/c1-5-19-6-8-21(9-7-19)25-24(28)17-27-12-10-26(11-13-27)16-20-15-23(30-4)22(29-3)14-18(20)2/h6-9,14-15H,5,10-13,16-17H2,1-4H3,(H,25,28)/p+2. The van der Waals surface area contributed by atoms with Gasteiger partial charge in [0, 0.05) is 11.3 Å². The van der Waals surface area contributed by atoms with E-state index in [4.69, 9.17) is 9.47 Å². The van der Waals surface area contributed by atoms with E-state index >= 15 is 0 Å². The van der Waals surface area contributed by atoms with Gasteiger partial charge in [0.15, 0.2) is 18.0 Å². The van der Waals surface area contributed by atoms with Crippen molar-refractivity contribution in [3.63, 3.8) is 0 Å². The minimum absolute atomic E-state index is 0.0911. The number of methoxy groups -OCH3 is 2. The van der Waals surface area contributed by atoms with Crippen molar-refractivity contribution in [1.82, 2.24) is 0 Å². The van der Waals surface area contributed by atoms with E-state index in [0.29, 0.717) is 6.54 Å². The number of quaternary nitrogens is 2. The minimum Gasteiger partial charge on any atom is -0.493 e. The number of carbonyl (C=O) groups is 1. The van der Waals surface area contributed by atoms with E-state index in [2.05, 4.69) is 37.4 Å². The maximum atomic E-state index is 12.4. The third-order valence-corrected chi connectivity index (χ3v) is 6.00. The molecule has 30 heavy (non-hydrogen) atoms. The Morgan fingerprint density at radius 2 is 1.57 bits per heavy atom. The van der Waals surface area contributed by atoms with Gasteiger partial charge < -0.3 is 24.6 Å². The number of benzene rings is 2. The summed E-state index contributed by atoms with van der Waals surface area (Å²) in [6, 6.07) is 12.3. The SMILES string of the molecule is CCc1ccc(NC(=O)C[NH+]2CC[NH+](Cc3cc(OC)c(OC)cc3C)CC2)cc1. The van der Waals surface area contributed by atoms with E-state index in [1.54, 1.807) is 19.1 Å². The van der Waals surface area contributed by atoms with Crippen LogP contribution in [-0.4, -0.2) is 52.9 Å². The lowest BCUT2D eigenvalue weighted by molar-refractivity contribution is -1.02. The summed E-state index contributed by atoms with van der Waals surface area (Å²) in [5, 5.41) is 3.03. The second-order valence-electron chi connectivity index (χ2n) is 8.09. The van der Waals surface area contributed by atoms with Crippen LogP contribution in [0.2, 0.25) is 0 Å². The third-order valence-electron chi connectivity index (χ3n) is 6.00. The van der Waals surface area contributed by atoms with Crippen molar-refractivity contribution >= 4 is 11.6 Å². The van der Waals surface area contributed by atoms with Gasteiger partial charge in [0.2, 0.25) is 0 Å². The molecule has 0 aliphatic carbocycles. The predicted molar refractivity (Wildman–Crippen MR) is 119 cm³/mol. The van der Waals surface area contributed by atoms with Gasteiger partial charge in [-0.3, -0.25) is 4.79 Å². The molecule has 6 nitrogen and oxygen atoms in total. The van der Waals surface area contributed by atoms with Crippen molar-refractivity contribution in [3.05, 3.63) is 53.1 Å². The Morgan fingerprint density at radius 3 is 2.17 bits per heavy atom.